The number of nitrogens with one attached hydrogen (secondary N) is 1. The molecular formula is C23H26FN3O2S. The number of thioether (sulfide) groups is 1. The zero-order valence-electron chi connectivity index (χ0n) is 17.7. The van der Waals surface area contributed by atoms with Crippen LogP contribution < -0.4 is 5.32 Å². The minimum atomic E-state index is -0.277. The number of halogens is 1. The van der Waals surface area contributed by atoms with Crippen LogP contribution in [0, 0.1) is 19.7 Å². The van der Waals surface area contributed by atoms with E-state index in [-0.39, 0.29) is 18.1 Å². The molecule has 1 N–H and O–H groups in total. The molecule has 1 heterocycles. The average Bonchev–Trinajstić information content (AvgIpc) is 3.19. The van der Waals surface area contributed by atoms with Crippen molar-refractivity contribution in [1.29, 1.82) is 0 Å². The molecule has 0 aliphatic rings. The largest absolute Gasteiger partial charge is 0.339 e. The van der Waals surface area contributed by atoms with E-state index in [1.807, 2.05) is 30.8 Å². The van der Waals surface area contributed by atoms with Gasteiger partial charge in [-0.25, -0.2) is 4.39 Å². The van der Waals surface area contributed by atoms with Gasteiger partial charge >= 0.3 is 0 Å². The maximum atomic E-state index is 13.4. The van der Waals surface area contributed by atoms with Crippen molar-refractivity contribution in [1.82, 2.24) is 10.1 Å². The molecule has 5 nitrogen and oxygen atoms in total. The second-order valence-electron chi connectivity index (χ2n) is 7.34. The Morgan fingerprint density at radius 2 is 2.00 bits per heavy atom. The van der Waals surface area contributed by atoms with Gasteiger partial charge in [0.25, 0.3) is 0 Å². The van der Waals surface area contributed by atoms with Crippen LogP contribution >= 0.6 is 11.8 Å². The zero-order valence-corrected chi connectivity index (χ0v) is 18.5. The van der Waals surface area contributed by atoms with Crippen molar-refractivity contribution >= 4 is 23.4 Å². The van der Waals surface area contributed by atoms with E-state index >= 15 is 0 Å². The summed E-state index contributed by atoms with van der Waals surface area (Å²) < 4.78 is 18.7. The van der Waals surface area contributed by atoms with E-state index in [0.717, 1.165) is 17.7 Å². The first-order valence-corrected chi connectivity index (χ1v) is 10.9. The van der Waals surface area contributed by atoms with Gasteiger partial charge < -0.3 is 9.84 Å². The van der Waals surface area contributed by atoms with Gasteiger partial charge in [0.15, 0.2) is 0 Å². The molecule has 3 aromatic rings. The van der Waals surface area contributed by atoms with E-state index in [1.54, 1.807) is 19.1 Å². The number of nitrogens with zero attached hydrogens (tertiary/aromatic N) is 2. The maximum absolute atomic E-state index is 13.4. The molecule has 3 rings (SSSR count). The monoisotopic (exact) mass is 427 g/mol. The van der Waals surface area contributed by atoms with Crippen LogP contribution in [0.3, 0.4) is 0 Å². The molecule has 0 fully saturated rings. The number of carbonyl (C=O) groups is 1. The fourth-order valence-electron chi connectivity index (χ4n) is 2.86. The van der Waals surface area contributed by atoms with Gasteiger partial charge in [-0.1, -0.05) is 19.0 Å². The Hall–Kier alpha value is -2.67. The highest BCUT2D eigenvalue weighted by molar-refractivity contribution is 7.99. The number of aromatic nitrogens is 2. The van der Waals surface area contributed by atoms with E-state index in [4.69, 9.17) is 4.52 Å². The highest BCUT2D eigenvalue weighted by Crippen LogP contribution is 2.28. The van der Waals surface area contributed by atoms with Crippen molar-refractivity contribution in [2.75, 3.05) is 5.32 Å². The van der Waals surface area contributed by atoms with Crippen LogP contribution in [-0.4, -0.2) is 21.3 Å². The van der Waals surface area contributed by atoms with E-state index in [1.165, 1.54) is 11.0 Å². The van der Waals surface area contributed by atoms with Crippen LogP contribution in [-0.2, 0) is 11.2 Å². The number of amides is 1. The number of aryl methyl sites for hydroxylation is 3. The summed E-state index contributed by atoms with van der Waals surface area (Å²) in [6.45, 7) is 8.05. The van der Waals surface area contributed by atoms with Gasteiger partial charge in [-0.2, -0.15) is 4.98 Å². The van der Waals surface area contributed by atoms with E-state index < -0.39 is 0 Å². The highest BCUT2D eigenvalue weighted by atomic mass is 32.2. The Balaban J connectivity index is 1.56. The number of benzene rings is 2. The molecule has 1 atom stereocenters. The lowest BCUT2D eigenvalue weighted by molar-refractivity contribution is -0.116. The summed E-state index contributed by atoms with van der Waals surface area (Å²) in [4.78, 5) is 17.9. The van der Waals surface area contributed by atoms with Crippen LogP contribution in [0.4, 0.5) is 10.1 Å². The molecule has 1 aromatic heterocycles. The molecule has 0 aliphatic heterocycles. The molecule has 0 saturated heterocycles. The molecule has 1 amide bonds. The first-order valence-electron chi connectivity index (χ1n) is 10.0. The average molecular weight is 428 g/mol. The van der Waals surface area contributed by atoms with Crippen LogP contribution in [0.5, 0.6) is 0 Å². The van der Waals surface area contributed by atoms with Crippen molar-refractivity contribution in [3.8, 4) is 11.4 Å². The van der Waals surface area contributed by atoms with Crippen LogP contribution in [0.15, 0.2) is 45.8 Å². The van der Waals surface area contributed by atoms with Crippen LogP contribution in [0.1, 0.15) is 43.7 Å². The minimum Gasteiger partial charge on any atom is -0.339 e. The molecule has 2 aromatic carbocycles. The van der Waals surface area contributed by atoms with Gasteiger partial charge in [0, 0.05) is 34.2 Å². The topological polar surface area (TPSA) is 68.0 Å². The Bertz CT molecular complexity index is 1040. The molecule has 0 radical (unpaired) electrons. The third-order valence-electron chi connectivity index (χ3n) is 4.83. The van der Waals surface area contributed by atoms with Crippen molar-refractivity contribution in [2.24, 2.45) is 0 Å². The van der Waals surface area contributed by atoms with Crippen molar-refractivity contribution < 1.29 is 13.7 Å². The molecule has 7 heteroatoms. The Morgan fingerprint density at radius 3 is 2.70 bits per heavy atom. The SMILES string of the molecule is CCC(C)Sc1ccc(NC(=O)CCc2nc(-c3ccc(F)c(C)c3)no2)c(C)c1. The summed E-state index contributed by atoms with van der Waals surface area (Å²) in [6, 6.07) is 10.7. The van der Waals surface area contributed by atoms with Gasteiger partial charge in [-0.05, 0) is 67.8 Å². The van der Waals surface area contributed by atoms with Gasteiger partial charge in [0.05, 0.1) is 0 Å². The number of hydrogen-bond acceptors (Lipinski definition) is 5. The third-order valence-corrected chi connectivity index (χ3v) is 6.10. The lowest BCUT2D eigenvalue weighted by atomic mass is 10.1. The van der Waals surface area contributed by atoms with Crippen LogP contribution in [0.2, 0.25) is 0 Å². The standard InChI is InChI=1S/C23H26FN3O2S/c1-5-16(4)30-18-7-9-20(15(3)13-18)25-21(28)10-11-22-26-23(27-29-22)17-6-8-19(24)14(2)12-17/h6-9,12-13,16H,5,10-11H2,1-4H3,(H,25,28). The van der Waals surface area contributed by atoms with E-state index in [0.29, 0.717) is 34.5 Å². The second-order valence-corrected chi connectivity index (χ2v) is 8.85. The number of anilines is 1. The van der Waals surface area contributed by atoms with Crippen molar-refractivity contribution in [2.45, 2.75) is 57.1 Å². The quantitative estimate of drug-likeness (QED) is 0.450. The predicted molar refractivity (Wildman–Crippen MR) is 118 cm³/mol. The highest BCUT2D eigenvalue weighted by Gasteiger charge is 2.13. The molecule has 1 unspecified atom stereocenters. The number of rotatable bonds is 8. The summed E-state index contributed by atoms with van der Waals surface area (Å²) in [7, 11) is 0. The van der Waals surface area contributed by atoms with E-state index in [9.17, 15) is 9.18 Å². The lowest BCUT2D eigenvalue weighted by Crippen LogP contribution is -2.13. The lowest BCUT2D eigenvalue weighted by Gasteiger charge is -2.12. The second kappa shape index (κ2) is 9.89. The van der Waals surface area contributed by atoms with Gasteiger partial charge in [-0.15, -0.1) is 11.8 Å². The number of carbonyl (C=O) groups excluding carboxylic acids is 1. The third kappa shape index (κ3) is 5.69. The van der Waals surface area contributed by atoms with Gasteiger partial charge in [-0.3, -0.25) is 4.79 Å². The summed E-state index contributed by atoms with van der Waals surface area (Å²) in [5, 5.41) is 7.44. The van der Waals surface area contributed by atoms with Crippen molar-refractivity contribution in [3.63, 3.8) is 0 Å². The minimum absolute atomic E-state index is 0.113. The molecular weight excluding hydrogens is 401 g/mol. The molecule has 0 aliphatic carbocycles. The Labute approximate surface area is 180 Å². The predicted octanol–water partition coefficient (Wildman–Crippen LogP) is 5.95. The molecule has 0 saturated carbocycles. The Morgan fingerprint density at radius 1 is 1.20 bits per heavy atom. The summed E-state index contributed by atoms with van der Waals surface area (Å²) >= 11 is 1.83. The smallest absolute Gasteiger partial charge is 0.227 e. The molecule has 0 bridgehead atoms. The fourth-order valence-corrected chi connectivity index (χ4v) is 3.88. The van der Waals surface area contributed by atoms with Crippen LogP contribution in [0.25, 0.3) is 11.4 Å². The number of hydrogen-bond donors (Lipinski definition) is 1. The summed E-state index contributed by atoms with van der Waals surface area (Å²) in [6.07, 6.45) is 1.67. The normalized spacial score (nSPS) is 12.0. The first-order chi connectivity index (χ1) is 14.4. The zero-order chi connectivity index (χ0) is 21.7. The summed E-state index contributed by atoms with van der Waals surface area (Å²) in [5.41, 5.74) is 3.03. The van der Waals surface area contributed by atoms with Gasteiger partial charge in [0.2, 0.25) is 17.6 Å². The van der Waals surface area contributed by atoms with Gasteiger partial charge in [0.1, 0.15) is 5.82 Å². The Kier molecular flexibility index (Phi) is 7.26. The molecule has 158 valence electrons. The molecule has 0 spiro atoms. The molecule has 30 heavy (non-hydrogen) atoms. The first kappa shape index (κ1) is 22.0. The van der Waals surface area contributed by atoms with E-state index in [2.05, 4.69) is 35.4 Å². The summed E-state index contributed by atoms with van der Waals surface area (Å²) in [5.74, 6) is 0.372. The maximum Gasteiger partial charge on any atom is 0.227 e. The van der Waals surface area contributed by atoms with Crippen molar-refractivity contribution in [3.05, 3.63) is 59.2 Å². The fraction of sp³-hybridized carbons (Fsp3) is 0.348.